The molecule has 2 aromatic carbocycles. The van der Waals surface area contributed by atoms with Crippen LogP contribution in [0.15, 0.2) is 63.5 Å². The molecule has 0 fully saturated rings. The molecule has 3 nitrogen and oxygen atoms in total. The molecule has 3 rings (SSSR count). The third kappa shape index (κ3) is 4.51. The Morgan fingerprint density at radius 3 is 2.44 bits per heavy atom. The fourth-order valence-electron chi connectivity index (χ4n) is 2.95. The van der Waals surface area contributed by atoms with Crippen molar-refractivity contribution in [2.45, 2.75) is 20.0 Å². The first-order chi connectivity index (χ1) is 12.2. The van der Waals surface area contributed by atoms with E-state index in [9.17, 15) is 0 Å². The molecule has 1 heterocycles. The van der Waals surface area contributed by atoms with Crippen LogP contribution in [-0.4, -0.2) is 31.1 Å². The van der Waals surface area contributed by atoms with E-state index in [4.69, 9.17) is 9.15 Å². The molecule has 1 unspecified atom stereocenters. The molecular weight excluding hydrogens is 378 g/mol. The van der Waals surface area contributed by atoms with Crippen molar-refractivity contribution in [3.8, 4) is 0 Å². The molecule has 1 aromatic heterocycles. The van der Waals surface area contributed by atoms with Gasteiger partial charge in [0.1, 0.15) is 17.4 Å². The van der Waals surface area contributed by atoms with Gasteiger partial charge < -0.3 is 14.1 Å². The first-order valence-corrected chi connectivity index (χ1v) is 9.58. The van der Waals surface area contributed by atoms with Crippen LogP contribution in [0, 0.1) is 0 Å². The van der Waals surface area contributed by atoms with Crippen molar-refractivity contribution in [3.05, 3.63) is 70.4 Å². The molecule has 0 spiro atoms. The number of ether oxygens (including phenoxy) is 1. The molecule has 0 aliphatic rings. The number of halogens is 1. The monoisotopic (exact) mass is 401 g/mol. The van der Waals surface area contributed by atoms with Gasteiger partial charge in [-0.25, -0.2) is 0 Å². The van der Waals surface area contributed by atoms with E-state index in [1.54, 1.807) is 0 Å². The summed E-state index contributed by atoms with van der Waals surface area (Å²) < 4.78 is 13.4. The summed E-state index contributed by atoms with van der Waals surface area (Å²) in [4.78, 5) is 2.36. The van der Waals surface area contributed by atoms with Crippen molar-refractivity contribution in [2.75, 3.05) is 26.2 Å². The van der Waals surface area contributed by atoms with Gasteiger partial charge in [0.15, 0.2) is 0 Å². The zero-order valence-electron chi connectivity index (χ0n) is 14.7. The molecule has 25 heavy (non-hydrogen) atoms. The Kier molecular flexibility index (Phi) is 6.29. The molecule has 0 bridgehead atoms. The fourth-order valence-corrected chi connectivity index (χ4v) is 3.22. The highest BCUT2D eigenvalue weighted by atomic mass is 79.9. The number of furan rings is 1. The molecular formula is C21H24BrNO2. The van der Waals surface area contributed by atoms with E-state index in [-0.39, 0.29) is 6.10 Å². The normalized spacial score (nSPS) is 12.8. The van der Waals surface area contributed by atoms with Crippen molar-refractivity contribution in [3.63, 3.8) is 0 Å². The molecule has 0 saturated carbocycles. The quantitative estimate of drug-likeness (QED) is 0.488. The van der Waals surface area contributed by atoms with Crippen molar-refractivity contribution in [1.82, 2.24) is 4.90 Å². The van der Waals surface area contributed by atoms with Gasteiger partial charge in [0, 0.05) is 16.4 Å². The minimum atomic E-state index is -0.198. The van der Waals surface area contributed by atoms with E-state index in [0.29, 0.717) is 6.61 Å². The van der Waals surface area contributed by atoms with E-state index in [1.807, 2.05) is 30.3 Å². The van der Waals surface area contributed by atoms with Gasteiger partial charge in [-0.3, -0.25) is 0 Å². The third-order valence-corrected chi connectivity index (χ3v) is 4.99. The zero-order valence-corrected chi connectivity index (χ0v) is 16.3. The van der Waals surface area contributed by atoms with E-state index in [2.05, 4.69) is 58.9 Å². The second kappa shape index (κ2) is 8.65. The maximum absolute atomic E-state index is 6.27. The maximum atomic E-state index is 6.27. The zero-order chi connectivity index (χ0) is 17.6. The molecule has 0 N–H and O–H groups in total. The Labute approximate surface area is 157 Å². The van der Waals surface area contributed by atoms with Gasteiger partial charge >= 0.3 is 0 Å². The molecule has 0 aliphatic heterocycles. The lowest BCUT2D eigenvalue weighted by Crippen LogP contribution is -2.27. The number of nitrogens with zero attached hydrogens (tertiary/aromatic N) is 1. The highest BCUT2D eigenvalue weighted by Gasteiger charge is 2.19. The standard InChI is InChI=1S/C21H24BrNO2/c1-3-23(4-2)13-14-24-21(16-9-11-18(22)12-10-16)20-15-17-7-5-6-8-19(17)25-20/h5-12,15,21H,3-4,13-14H2,1-2H3. The average Bonchev–Trinajstić information content (AvgIpc) is 3.07. The van der Waals surface area contributed by atoms with Crippen molar-refractivity contribution in [2.24, 2.45) is 0 Å². The number of hydrogen-bond acceptors (Lipinski definition) is 3. The summed E-state index contributed by atoms with van der Waals surface area (Å²) >= 11 is 3.50. The first-order valence-electron chi connectivity index (χ1n) is 8.79. The Bertz CT molecular complexity index is 760. The van der Waals surface area contributed by atoms with Crippen molar-refractivity contribution >= 4 is 26.9 Å². The molecule has 1 atom stereocenters. The molecule has 0 saturated heterocycles. The van der Waals surface area contributed by atoms with Crippen LogP contribution in [0.25, 0.3) is 11.0 Å². The summed E-state index contributed by atoms with van der Waals surface area (Å²) in [6.07, 6.45) is -0.198. The topological polar surface area (TPSA) is 25.6 Å². The van der Waals surface area contributed by atoms with E-state index in [0.717, 1.165) is 46.4 Å². The minimum Gasteiger partial charge on any atom is -0.458 e. The van der Waals surface area contributed by atoms with Gasteiger partial charge in [-0.05, 0) is 42.9 Å². The number of para-hydroxylation sites is 1. The van der Waals surface area contributed by atoms with Crippen LogP contribution in [-0.2, 0) is 4.74 Å². The Morgan fingerprint density at radius 2 is 1.76 bits per heavy atom. The highest BCUT2D eigenvalue weighted by Crippen LogP contribution is 2.31. The predicted molar refractivity (Wildman–Crippen MR) is 106 cm³/mol. The minimum absolute atomic E-state index is 0.198. The average molecular weight is 402 g/mol. The van der Waals surface area contributed by atoms with E-state index >= 15 is 0 Å². The van der Waals surface area contributed by atoms with Gasteiger partial charge in [0.25, 0.3) is 0 Å². The first kappa shape index (κ1) is 18.2. The highest BCUT2D eigenvalue weighted by molar-refractivity contribution is 9.10. The van der Waals surface area contributed by atoms with Crippen LogP contribution in [0.4, 0.5) is 0 Å². The van der Waals surface area contributed by atoms with Crippen LogP contribution < -0.4 is 0 Å². The van der Waals surface area contributed by atoms with E-state index in [1.165, 1.54) is 0 Å². The predicted octanol–water partition coefficient (Wildman–Crippen LogP) is 5.64. The van der Waals surface area contributed by atoms with E-state index < -0.39 is 0 Å². The number of likely N-dealkylation sites (N-methyl/N-ethyl adjacent to an activating group) is 1. The molecule has 132 valence electrons. The van der Waals surface area contributed by atoms with Crippen LogP contribution in [0.2, 0.25) is 0 Å². The SMILES string of the molecule is CCN(CC)CCOC(c1ccc(Br)cc1)c1cc2ccccc2o1. The van der Waals surface area contributed by atoms with Crippen LogP contribution in [0.1, 0.15) is 31.3 Å². The number of hydrogen-bond donors (Lipinski definition) is 0. The Hall–Kier alpha value is -1.62. The molecule has 0 amide bonds. The molecule has 4 heteroatoms. The molecule has 0 radical (unpaired) electrons. The van der Waals surface area contributed by atoms with Crippen LogP contribution >= 0.6 is 15.9 Å². The van der Waals surface area contributed by atoms with Gasteiger partial charge in [-0.15, -0.1) is 0 Å². The lowest BCUT2D eigenvalue weighted by atomic mass is 10.1. The van der Waals surface area contributed by atoms with Gasteiger partial charge in [0.05, 0.1) is 6.61 Å². The number of fused-ring (bicyclic) bond motifs is 1. The second-order valence-electron chi connectivity index (χ2n) is 6.02. The lowest BCUT2D eigenvalue weighted by Gasteiger charge is -2.21. The number of benzene rings is 2. The maximum Gasteiger partial charge on any atom is 0.140 e. The molecule has 0 aliphatic carbocycles. The van der Waals surface area contributed by atoms with Crippen LogP contribution in [0.5, 0.6) is 0 Å². The van der Waals surface area contributed by atoms with Gasteiger partial charge in [-0.1, -0.05) is 60.1 Å². The lowest BCUT2D eigenvalue weighted by molar-refractivity contribution is 0.0504. The third-order valence-electron chi connectivity index (χ3n) is 4.46. The second-order valence-corrected chi connectivity index (χ2v) is 6.93. The summed E-state index contributed by atoms with van der Waals surface area (Å²) in [6, 6.07) is 18.4. The Morgan fingerprint density at radius 1 is 1.04 bits per heavy atom. The van der Waals surface area contributed by atoms with Crippen molar-refractivity contribution in [1.29, 1.82) is 0 Å². The fraction of sp³-hybridized carbons (Fsp3) is 0.333. The van der Waals surface area contributed by atoms with Gasteiger partial charge in [-0.2, -0.15) is 0 Å². The molecule has 3 aromatic rings. The Balaban J connectivity index is 1.84. The van der Waals surface area contributed by atoms with Crippen molar-refractivity contribution < 1.29 is 9.15 Å². The largest absolute Gasteiger partial charge is 0.458 e. The smallest absolute Gasteiger partial charge is 0.140 e. The van der Waals surface area contributed by atoms with Crippen LogP contribution in [0.3, 0.4) is 0 Å². The summed E-state index contributed by atoms with van der Waals surface area (Å²) in [5.74, 6) is 0.850. The number of rotatable bonds is 8. The summed E-state index contributed by atoms with van der Waals surface area (Å²) in [6.45, 7) is 8.00. The summed E-state index contributed by atoms with van der Waals surface area (Å²) in [5, 5.41) is 1.10. The summed E-state index contributed by atoms with van der Waals surface area (Å²) in [7, 11) is 0. The van der Waals surface area contributed by atoms with Gasteiger partial charge in [0.2, 0.25) is 0 Å². The summed E-state index contributed by atoms with van der Waals surface area (Å²) in [5.41, 5.74) is 1.99.